The minimum Gasteiger partial charge on any atom is -0.443 e. The lowest BCUT2D eigenvalue weighted by Gasteiger charge is -2.37. The van der Waals surface area contributed by atoms with Gasteiger partial charge in [-0.2, -0.15) is 0 Å². The molecule has 1 N–H and O–H groups in total. The summed E-state index contributed by atoms with van der Waals surface area (Å²) in [6.45, 7) is 8.37. The Morgan fingerprint density at radius 3 is 1.06 bits per heavy atom. The average Bonchev–Trinajstić information content (AvgIpc) is 3.33. The van der Waals surface area contributed by atoms with Crippen LogP contribution in [0.15, 0.2) is 72.9 Å². The summed E-state index contributed by atoms with van der Waals surface area (Å²) in [5, 5.41) is 12.7. The van der Waals surface area contributed by atoms with Crippen LogP contribution in [-0.4, -0.2) is 66.9 Å². The maximum atomic E-state index is 13.6. The zero-order valence-electron chi connectivity index (χ0n) is 46.4. The highest BCUT2D eigenvalue weighted by molar-refractivity contribution is 5.67. The molecule has 0 fully saturated rings. The van der Waals surface area contributed by atoms with E-state index in [4.69, 9.17) is 4.74 Å². The van der Waals surface area contributed by atoms with Crippen LogP contribution in [0.4, 0.5) is 4.79 Å². The Morgan fingerprint density at radius 2 is 0.721 bits per heavy atom. The summed E-state index contributed by atoms with van der Waals surface area (Å²) in [6.07, 6.45) is 73.7. The number of carbonyl (C=O) groups is 1. The molecule has 0 saturated heterocycles. The smallest absolute Gasteiger partial charge is 0.409 e. The summed E-state index contributed by atoms with van der Waals surface area (Å²) in [5.74, 6) is 0. The molecule has 5 nitrogen and oxygen atoms in total. The van der Waals surface area contributed by atoms with Crippen molar-refractivity contribution in [1.82, 2.24) is 9.80 Å². The third kappa shape index (κ3) is 46.0. The van der Waals surface area contributed by atoms with Crippen molar-refractivity contribution in [3.63, 3.8) is 0 Å². The fourth-order valence-corrected chi connectivity index (χ4v) is 8.97. The van der Waals surface area contributed by atoms with E-state index in [1.165, 1.54) is 173 Å². The zero-order chi connectivity index (χ0) is 49.7. The number of hydrogen-bond acceptors (Lipinski definition) is 4. The van der Waals surface area contributed by atoms with Gasteiger partial charge in [-0.25, -0.2) is 4.79 Å². The molecular formula is C63H116N2O3. The van der Waals surface area contributed by atoms with Crippen molar-refractivity contribution in [1.29, 1.82) is 0 Å². The monoisotopic (exact) mass is 949 g/mol. The van der Waals surface area contributed by atoms with Crippen LogP contribution in [0.5, 0.6) is 0 Å². The zero-order valence-corrected chi connectivity index (χ0v) is 46.4. The van der Waals surface area contributed by atoms with Crippen LogP contribution in [0.3, 0.4) is 0 Å². The Morgan fingerprint density at radius 1 is 0.412 bits per heavy atom. The first-order chi connectivity index (χ1) is 33.3. The molecule has 0 aromatic rings. The van der Waals surface area contributed by atoms with E-state index in [9.17, 15) is 9.90 Å². The number of amides is 1. The van der Waals surface area contributed by atoms with Crippen molar-refractivity contribution in [3.8, 4) is 0 Å². The van der Waals surface area contributed by atoms with Gasteiger partial charge in [0.15, 0.2) is 0 Å². The van der Waals surface area contributed by atoms with Gasteiger partial charge in [-0.05, 0) is 149 Å². The second kappa shape index (κ2) is 52.5. The molecule has 5 heteroatoms. The molecule has 0 aromatic heterocycles. The number of ether oxygens (including phenoxy) is 1. The minimum absolute atomic E-state index is 0.277. The van der Waals surface area contributed by atoms with Gasteiger partial charge in [0.05, 0.1) is 0 Å². The molecule has 1 amide bonds. The van der Waals surface area contributed by atoms with E-state index in [2.05, 4.69) is 113 Å². The predicted molar refractivity (Wildman–Crippen MR) is 303 cm³/mol. The number of hydrogen-bond donors (Lipinski definition) is 1. The highest BCUT2D eigenvalue weighted by Crippen LogP contribution is 2.32. The van der Waals surface area contributed by atoms with Crippen LogP contribution in [0, 0.1) is 0 Å². The number of carbonyl (C=O) groups excluding carboxylic acids is 1. The van der Waals surface area contributed by atoms with Gasteiger partial charge >= 0.3 is 6.09 Å². The van der Waals surface area contributed by atoms with Crippen molar-refractivity contribution in [3.05, 3.63) is 72.9 Å². The Bertz CT molecular complexity index is 1180. The van der Waals surface area contributed by atoms with Gasteiger partial charge in [0.25, 0.3) is 0 Å². The second-order valence-electron chi connectivity index (χ2n) is 20.6. The Balaban J connectivity index is 5.28. The van der Waals surface area contributed by atoms with Gasteiger partial charge < -0.3 is 19.6 Å². The first-order valence-corrected chi connectivity index (χ1v) is 29.5. The number of rotatable bonds is 51. The summed E-state index contributed by atoms with van der Waals surface area (Å²) in [4.78, 5) is 17.5. The third-order valence-corrected chi connectivity index (χ3v) is 13.5. The highest BCUT2D eigenvalue weighted by atomic mass is 16.6. The Labute approximate surface area is 425 Å². The van der Waals surface area contributed by atoms with E-state index >= 15 is 0 Å². The van der Waals surface area contributed by atoms with Crippen LogP contribution in [0.2, 0.25) is 0 Å². The van der Waals surface area contributed by atoms with Gasteiger partial charge in [0.2, 0.25) is 0 Å². The molecule has 0 aliphatic heterocycles. The second-order valence-corrected chi connectivity index (χ2v) is 20.6. The topological polar surface area (TPSA) is 53.0 Å². The minimum atomic E-state index is -0.984. The van der Waals surface area contributed by atoms with E-state index in [0.29, 0.717) is 19.4 Å². The molecule has 0 heterocycles. The lowest BCUT2D eigenvalue weighted by molar-refractivity contribution is -0.101. The van der Waals surface area contributed by atoms with Gasteiger partial charge in [-0.15, -0.1) is 0 Å². The van der Waals surface area contributed by atoms with Crippen LogP contribution in [0.25, 0.3) is 0 Å². The molecule has 0 aliphatic carbocycles. The number of allylic oxidation sites excluding steroid dienone is 12. The van der Waals surface area contributed by atoms with Gasteiger partial charge in [0.1, 0.15) is 11.7 Å². The van der Waals surface area contributed by atoms with Crippen molar-refractivity contribution < 1.29 is 14.6 Å². The summed E-state index contributed by atoms with van der Waals surface area (Å²) in [7, 11) is 6.01. The van der Waals surface area contributed by atoms with Gasteiger partial charge in [-0.1, -0.05) is 222 Å². The molecular weight excluding hydrogens is 833 g/mol. The summed E-state index contributed by atoms with van der Waals surface area (Å²) < 4.78 is 6.41. The fourth-order valence-electron chi connectivity index (χ4n) is 8.97. The molecule has 0 aromatic carbocycles. The van der Waals surface area contributed by atoms with Crippen LogP contribution in [0.1, 0.15) is 278 Å². The largest absolute Gasteiger partial charge is 0.443 e. The standard InChI is InChI=1S/C63H116N2O3/c1-7-10-13-16-19-22-25-28-31-34-37-40-43-46-49-52-56-61(68-62(66)65(6)60-55-59-64(4)5)63(67,57-53-50-47-44-41-38-35-32-29-26-23-20-17-14-11-8-2)58-54-51-48-45-42-39-36-33-30-27-24-21-18-15-12-9-3/h19-24,28-33,61,67H,7-18,25-27,34-60H2,1-6H3/b22-19-,23-20-,24-21-,31-28-,32-29-,33-30-. The molecule has 1 unspecified atom stereocenters. The molecule has 0 radical (unpaired) electrons. The maximum absolute atomic E-state index is 13.6. The fraction of sp³-hybridized carbons (Fsp3) is 0.794. The van der Waals surface area contributed by atoms with E-state index in [0.717, 1.165) is 77.2 Å². The van der Waals surface area contributed by atoms with Crippen molar-refractivity contribution >= 4 is 6.09 Å². The molecule has 0 spiro atoms. The first kappa shape index (κ1) is 65.6. The molecule has 0 aliphatic rings. The van der Waals surface area contributed by atoms with Gasteiger partial charge in [-0.3, -0.25) is 0 Å². The number of unbranched alkanes of at least 4 members (excludes halogenated alkanes) is 27. The molecule has 0 saturated carbocycles. The first-order valence-electron chi connectivity index (χ1n) is 29.5. The van der Waals surface area contributed by atoms with Crippen molar-refractivity contribution in [2.75, 3.05) is 34.2 Å². The molecule has 68 heavy (non-hydrogen) atoms. The average molecular weight is 950 g/mol. The third-order valence-electron chi connectivity index (χ3n) is 13.5. The normalized spacial score (nSPS) is 13.1. The molecule has 396 valence electrons. The van der Waals surface area contributed by atoms with Crippen molar-refractivity contribution in [2.24, 2.45) is 0 Å². The van der Waals surface area contributed by atoms with E-state index in [1.54, 1.807) is 4.90 Å². The lowest BCUT2D eigenvalue weighted by atomic mass is 9.82. The van der Waals surface area contributed by atoms with Gasteiger partial charge in [0, 0.05) is 13.6 Å². The van der Waals surface area contributed by atoms with Crippen LogP contribution < -0.4 is 0 Å². The number of nitrogens with zero attached hydrogens (tertiary/aromatic N) is 2. The molecule has 0 bridgehead atoms. The predicted octanol–water partition coefficient (Wildman–Crippen LogP) is 19.7. The molecule has 0 rings (SSSR count). The summed E-state index contributed by atoms with van der Waals surface area (Å²) in [5.41, 5.74) is -0.984. The quantitative estimate of drug-likeness (QED) is 0.0488. The Kier molecular flexibility index (Phi) is 50.6. The van der Waals surface area contributed by atoms with E-state index < -0.39 is 11.7 Å². The maximum Gasteiger partial charge on any atom is 0.409 e. The van der Waals surface area contributed by atoms with Crippen molar-refractivity contribution in [2.45, 2.75) is 289 Å². The number of aliphatic hydroxyl groups is 1. The van der Waals surface area contributed by atoms with E-state index in [1.807, 2.05) is 7.05 Å². The van der Waals surface area contributed by atoms with Crippen LogP contribution >= 0.6 is 0 Å². The van der Waals surface area contributed by atoms with Crippen LogP contribution in [-0.2, 0) is 4.74 Å². The lowest BCUT2D eigenvalue weighted by Crippen LogP contribution is -2.47. The summed E-state index contributed by atoms with van der Waals surface area (Å²) >= 11 is 0. The molecule has 1 atom stereocenters. The summed E-state index contributed by atoms with van der Waals surface area (Å²) in [6, 6.07) is 0. The highest BCUT2D eigenvalue weighted by Gasteiger charge is 2.38. The Hall–Kier alpha value is -2.37. The van der Waals surface area contributed by atoms with E-state index in [-0.39, 0.29) is 6.09 Å². The SMILES string of the molecule is CCCCC/C=C\C/C=C\CCCCCCCCC(OC(=O)N(C)CCCN(C)C)C(O)(CCCCCCCC/C=C\C/C=C\CCCCC)CCCCCCCC/C=C\C/C=C\CCCCC.